The molecule has 1 aliphatic rings. The third-order valence-electron chi connectivity index (χ3n) is 5.58. The first-order valence-corrected chi connectivity index (χ1v) is 11.3. The van der Waals surface area contributed by atoms with Gasteiger partial charge in [0.15, 0.2) is 17.6 Å². The molecular formula is C24H34FIN6O. The fourth-order valence-electron chi connectivity index (χ4n) is 3.81. The third kappa shape index (κ3) is 7.28. The first-order valence-electron chi connectivity index (χ1n) is 11.3. The van der Waals surface area contributed by atoms with Crippen molar-refractivity contribution in [2.75, 3.05) is 37.6 Å². The summed E-state index contributed by atoms with van der Waals surface area (Å²) >= 11 is 0. The number of hydrogen-bond acceptors (Lipinski definition) is 4. The lowest BCUT2D eigenvalue weighted by Gasteiger charge is -2.20. The summed E-state index contributed by atoms with van der Waals surface area (Å²) in [5.74, 6) is 0.883. The summed E-state index contributed by atoms with van der Waals surface area (Å²) < 4.78 is 14.0. The number of anilines is 1. The van der Waals surface area contributed by atoms with Gasteiger partial charge in [0.1, 0.15) is 0 Å². The molecule has 1 aromatic carbocycles. The van der Waals surface area contributed by atoms with Gasteiger partial charge in [-0.15, -0.1) is 24.0 Å². The first-order chi connectivity index (χ1) is 15.5. The van der Waals surface area contributed by atoms with Crippen molar-refractivity contribution in [3.05, 3.63) is 59.5 Å². The van der Waals surface area contributed by atoms with Crippen LogP contribution in [0.4, 0.5) is 10.2 Å². The van der Waals surface area contributed by atoms with Gasteiger partial charge < -0.3 is 20.4 Å². The quantitative estimate of drug-likeness (QED) is 0.289. The van der Waals surface area contributed by atoms with Crippen LogP contribution in [0.1, 0.15) is 43.1 Å². The second-order valence-corrected chi connectivity index (χ2v) is 7.75. The Morgan fingerprint density at radius 3 is 2.58 bits per heavy atom. The van der Waals surface area contributed by atoms with Crippen LogP contribution in [-0.4, -0.2) is 60.5 Å². The molecule has 1 aromatic heterocycles. The molecular weight excluding hydrogens is 534 g/mol. The number of carbonyl (C=O) groups is 1. The van der Waals surface area contributed by atoms with Crippen LogP contribution >= 0.6 is 24.0 Å². The van der Waals surface area contributed by atoms with Crippen molar-refractivity contribution in [1.82, 2.24) is 20.5 Å². The minimum atomic E-state index is -0.295. The largest absolute Gasteiger partial charge is 0.357 e. The predicted molar refractivity (Wildman–Crippen MR) is 142 cm³/mol. The molecule has 1 atom stereocenters. The van der Waals surface area contributed by atoms with Crippen LogP contribution in [0.2, 0.25) is 0 Å². The Hall–Kier alpha value is -2.43. The number of carbonyl (C=O) groups excluding carboxylic acids is 1. The molecule has 7 nitrogen and oxygen atoms in total. The summed E-state index contributed by atoms with van der Waals surface area (Å²) in [5.41, 5.74) is 1.72. The van der Waals surface area contributed by atoms with Crippen molar-refractivity contribution in [2.24, 2.45) is 4.99 Å². The highest BCUT2D eigenvalue weighted by Gasteiger charge is 2.25. The number of rotatable bonds is 8. The van der Waals surface area contributed by atoms with E-state index in [1.807, 2.05) is 54.8 Å². The van der Waals surface area contributed by atoms with Crippen molar-refractivity contribution in [2.45, 2.75) is 39.8 Å². The second kappa shape index (κ2) is 13.3. The Kier molecular flexibility index (Phi) is 10.8. The van der Waals surface area contributed by atoms with Crippen LogP contribution < -0.4 is 15.5 Å². The van der Waals surface area contributed by atoms with Crippen LogP contribution in [0.5, 0.6) is 0 Å². The maximum Gasteiger partial charge on any atom is 0.253 e. The molecule has 0 radical (unpaired) electrons. The lowest BCUT2D eigenvalue weighted by molar-refractivity contribution is 0.0773. The number of guanidine groups is 1. The minimum Gasteiger partial charge on any atom is -0.357 e. The lowest BCUT2D eigenvalue weighted by Crippen LogP contribution is -2.44. The molecule has 0 bridgehead atoms. The topological polar surface area (TPSA) is 72.9 Å². The zero-order valence-electron chi connectivity index (χ0n) is 19.6. The summed E-state index contributed by atoms with van der Waals surface area (Å²) in [7, 11) is 0. The Morgan fingerprint density at radius 1 is 1.21 bits per heavy atom. The molecule has 9 heteroatoms. The van der Waals surface area contributed by atoms with Gasteiger partial charge in [-0.05, 0) is 57.0 Å². The van der Waals surface area contributed by atoms with E-state index in [1.54, 1.807) is 12.3 Å². The average molecular weight is 568 g/mol. The van der Waals surface area contributed by atoms with E-state index in [4.69, 9.17) is 4.99 Å². The fourth-order valence-corrected chi connectivity index (χ4v) is 3.81. The molecule has 33 heavy (non-hydrogen) atoms. The van der Waals surface area contributed by atoms with Gasteiger partial charge in [0, 0.05) is 50.5 Å². The molecule has 0 spiro atoms. The SMILES string of the molecule is CCNC(=NCc1ccc(C(=O)N(CC)CC)cc1)NC1CCN(c2ncccc2F)C1.I. The van der Waals surface area contributed by atoms with E-state index in [0.29, 0.717) is 37.6 Å². The van der Waals surface area contributed by atoms with E-state index < -0.39 is 0 Å². The maximum absolute atomic E-state index is 14.0. The predicted octanol–water partition coefficient (Wildman–Crippen LogP) is 3.65. The summed E-state index contributed by atoms with van der Waals surface area (Å²) in [5, 5.41) is 6.73. The van der Waals surface area contributed by atoms with Crippen LogP contribution in [0.25, 0.3) is 0 Å². The smallest absolute Gasteiger partial charge is 0.253 e. The van der Waals surface area contributed by atoms with E-state index in [0.717, 1.165) is 31.0 Å². The molecule has 180 valence electrons. The van der Waals surface area contributed by atoms with Gasteiger partial charge in [0.25, 0.3) is 5.91 Å². The summed E-state index contributed by atoms with van der Waals surface area (Å²) in [6.45, 7) is 10.0. The molecule has 1 unspecified atom stereocenters. The molecule has 1 amide bonds. The Balaban J connectivity index is 0.00000385. The summed E-state index contributed by atoms with van der Waals surface area (Å²) in [6.07, 6.45) is 2.49. The molecule has 1 saturated heterocycles. The number of aliphatic imine (C=N–C) groups is 1. The van der Waals surface area contributed by atoms with Gasteiger partial charge in [-0.3, -0.25) is 4.79 Å². The zero-order chi connectivity index (χ0) is 22.9. The number of nitrogens with one attached hydrogen (secondary N) is 2. The van der Waals surface area contributed by atoms with Crippen molar-refractivity contribution in [3.63, 3.8) is 0 Å². The van der Waals surface area contributed by atoms with Gasteiger partial charge in [-0.1, -0.05) is 12.1 Å². The van der Waals surface area contributed by atoms with Crippen LogP contribution in [0.15, 0.2) is 47.6 Å². The Labute approximate surface area is 212 Å². The maximum atomic E-state index is 14.0. The van der Waals surface area contributed by atoms with Crippen LogP contribution in [-0.2, 0) is 6.54 Å². The second-order valence-electron chi connectivity index (χ2n) is 7.75. The van der Waals surface area contributed by atoms with Gasteiger partial charge in [0.2, 0.25) is 0 Å². The van der Waals surface area contributed by atoms with E-state index in [-0.39, 0.29) is 41.7 Å². The highest BCUT2D eigenvalue weighted by atomic mass is 127. The number of hydrogen-bond donors (Lipinski definition) is 2. The minimum absolute atomic E-state index is 0. The van der Waals surface area contributed by atoms with Crippen molar-refractivity contribution in [3.8, 4) is 0 Å². The monoisotopic (exact) mass is 568 g/mol. The fraction of sp³-hybridized carbons (Fsp3) is 0.458. The first kappa shape index (κ1) is 26.8. The number of nitrogens with zero attached hydrogens (tertiary/aromatic N) is 4. The van der Waals surface area contributed by atoms with Crippen LogP contribution in [0, 0.1) is 5.82 Å². The molecule has 2 heterocycles. The van der Waals surface area contributed by atoms with Crippen molar-refractivity contribution >= 4 is 41.7 Å². The van der Waals surface area contributed by atoms with E-state index >= 15 is 0 Å². The number of aromatic nitrogens is 1. The molecule has 3 rings (SSSR count). The zero-order valence-corrected chi connectivity index (χ0v) is 21.9. The molecule has 2 N–H and O–H groups in total. The standard InChI is InChI=1S/C24H33FN6O.HI/c1-4-26-24(29-20-13-15-31(17-20)22-21(25)8-7-14-27-22)28-16-18-9-11-19(12-10-18)23(32)30(5-2)6-3;/h7-12,14,20H,4-6,13,15-17H2,1-3H3,(H2,26,28,29);1H. The number of amides is 1. The number of halogens is 2. The lowest BCUT2D eigenvalue weighted by atomic mass is 10.1. The third-order valence-corrected chi connectivity index (χ3v) is 5.58. The molecule has 0 saturated carbocycles. The van der Waals surface area contributed by atoms with E-state index in [2.05, 4.69) is 15.6 Å². The van der Waals surface area contributed by atoms with Crippen molar-refractivity contribution in [1.29, 1.82) is 0 Å². The molecule has 1 aliphatic heterocycles. The Morgan fingerprint density at radius 2 is 1.94 bits per heavy atom. The summed E-state index contributed by atoms with van der Waals surface area (Å²) in [4.78, 5) is 25.1. The molecule has 2 aromatic rings. The van der Waals surface area contributed by atoms with Gasteiger partial charge in [-0.2, -0.15) is 0 Å². The summed E-state index contributed by atoms with van der Waals surface area (Å²) in [6, 6.07) is 10.8. The van der Waals surface area contributed by atoms with Gasteiger partial charge in [0.05, 0.1) is 6.54 Å². The number of pyridine rings is 1. The van der Waals surface area contributed by atoms with E-state index in [1.165, 1.54) is 6.07 Å². The molecule has 1 fully saturated rings. The van der Waals surface area contributed by atoms with Gasteiger partial charge >= 0.3 is 0 Å². The molecule has 0 aliphatic carbocycles. The highest BCUT2D eigenvalue weighted by Crippen LogP contribution is 2.20. The number of benzene rings is 1. The Bertz CT molecular complexity index is 919. The highest BCUT2D eigenvalue weighted by molar-refractivity contribution is 14.0. The van der Waals surface area contributed by atoms with E-state index in [9.17, 15) is 9.18 Å². The van der Waals surface area contributed by atoms with Crippen molar-refractivity contribution < 1.29 is 9.18 Å². The normalized spacial score (nSPS) is 15.7. The van der Waals surface area contributed by atoms with Gasteiger partial charge in [-0.25, -0.2) is 14.4 Å². The average Bonchev–Trinajstić information content (AvgIpc) is 3.27. The van der Waals surface area contributed by atoms with Crippen LogP contribution in [0.3, 0.4) is 0 Å².